The first-order valence-electron chi connectivity index (χ1n) is 8.97. The van der Waals surface area contributed by atoms with Gasteiger partial charge in [-0.1, -0.05) is 23.7 Å². The molecule has 0 aliphatic rings. The third kappa shape index (κ3) is 4.11. The summed E-state index contributed by atoms with van der Waals surface area (Å²) in [6, 6.07) is 7.87. The van der Waals surface area contributed by atoms with Crippen molar-refractivity contribution in [1.82, 2.24) is 4.57 Å². The van der Waals surface area contributed by atoms with E-state index in [4.69, 9.17) is 16.3 Å². The third-order valence-corrected chi connectivity index (χ3v) is 4.79. The second-order valence-electron chi connectivity index (χ2n) is 6.41. The van der Waals surface area contributed by atoms with Crippen molar-refractivity contribution in [3.63, 3.8) is 0 Å². The first-order chi connectivity index (χ1) is 13.9. The summed E-state index contributed by atoms with van der Waals surface area (Å²) in [6.07, 6.45) is 1.33. The Bertz CT molecular complexity index is 1140. The maximum atomic E-state index is 14.3. The Hall–Kier alpha value is -2.90. The van der Waals surface area contributed by atoms with Gasteiger partial charge in [0.2, 0.25) is 5.43 Å². The highest BCUT2D eigenvalue weighted by atomic mass is 35.5. The molecule has 2 aromatic carbocycles. The molecule has 1 heterocycles. The van der Waals surface area contributed by atoms with E-state index in [1.54, 1.807) is 25.1 Å². The molecule has 0 fully saturated rings. The van der Waals surface area contributed by atoms with Crippen molar-refractivity contribution < 1.29 is 24.1 Å². The number of halogens is 2. The number of carboxylic acids is 1. The van der Waals surface area contributed by atoms with Crippen LogP contribution in [0.3, 0.4) is 0 Å². The molecule has 0 spiro atoms. The SMILES string of the molecule is CCOc1cc(Cc2cccc(Cl)c2F)cc2c(=O)c(C(=O)O)cn(CCO)c12. The van der Waals surface area contributed by atoms with Gasteiger partial charge in [0, 0.05) is 19.2 Å². The Labute approximate surface area is 170 Å². The molecule has 0 aliphatic carbocycles. The summed E-state index contributed by atoms with van der Waals surface area (Å²) in [5.74, 6) is -1.57. The number of aliphatic hydroxyl groups is 1. The highest BCUT2D eigenvalue weighted by Crippen LogP contribution is 2.29. The van der Waals surface area contributed by atoms with Gasteiger partial charge >= 0.3 is 5.97 Å². The number of pyridine rings is 1. The molecule has 0 radical (unpaired) electrons. The number of aliphatic hydroxyl groups excluding tert-OH is 1. The standard InChI is InChI=1S/C21H19ClFNO5/c1-2-29-17-10-12(8-13-4-3-5-16(22)18(13)23)9-14-19(17)24(6-7-25)11-15(20(14)26)21(27)28/h3-5,9-11,25H,2,6-8H2,1H3,(H,27,28). The van der Waals surface area contributed by atoms with Crippen LogP contribution >= 0.6 is 11.6 Å². The highest BCUT2D eigenvalue weighted by molar-refractivity contribution is 6.30. The molecule has 0 unspecified atom stereocenters. The summed E-state index contributed by atoms with van der Waals surface area (Å²) >= 11 is 5.85. The molecule has 152 valence electrons. The summed E-state index contributed by atoms with van der Waals surface area (Å²) < 4.78 is 21.5. The molecule has 6 nitrogen and oxygen atoms in total. The zero-order valence-electron chi connectivity index (χ0n) is 15.6. The fraction of sp³-hybridized carbons (Fsp3) is 0.238. The lowest BCUT2D eigenvalue weighted by Gasteiger charge is -2.17. The van der Waals surface area contributed by atoms with Gasteiger partial charge in [0.1, 0.15) is 17.1 Å². The van der Waals surface area contributed by atoms with E-state index in [-0.39, 0.29) is 30.0 Å². The number of carboxylic acid groups (broad SMARTS) is 1. The first-order valence-corrected chi connectivity index (χ1v) is 9.35. The van der Waals surface area contributed by atoms with Gasteiger partial charge in [-0.25, -0.2) is 9.18 Å². The van der Waals surface area contributed by atoms with Gasteiger partial charge in [-0.05, 0) is 36.2 Å². The minimum atomic E-state index is -1.37. The average Bonchev–Trinajstić information content (AvgIpc) is 2.68. The largest absolute Gasteiger partial charge is 0.492 e. The van der Waals surface area contributed by atoms with E-state index in [1.165, 1.54) is 22.9 Å². The Morgan fingerprint density at radius 3 is 2.72 bits per heavy atom. The molecule has 0 bridgehead atoms. The quantitative estimate of drug-likeness (QED) is 0.612. The van der Waals surface area contributed by atoms with Crippen LogP contribution in [0.2, 0.25) is 5.02 Å². The minimum absolute atomic E-state index is 0.00761. The van der Waals surface area contributed by atoms with E-state index in [9.17, 15) is 24.2 Å². The van der Waals surface area contributed by atoms with E-state index in [1.807, 2.05) is 0 Å². The van der Waals surface area contributed by atoms with Crippen molar-refractivity contribution in [2.75, 3.05) is 13.2 Å². The number of benzene rings is 2. The number of fused-ring (bicyclic) bond motifs is 1. The number of hydrogen-bond acceptors (Lipinski definition) is 4. The maximum absolute atomic E-state index is 14.3. The number of hydrogen-bond donors (Lipinski definition) is 2. The molecular weight excluding hydrogens is 401 g/mol. The Kier molecular flexibility index (Phi) is 6.20. The predicted octanol–water partition coefficient (Wildman–Crippen LogP) is 3.47. The summed E-state index contributed by atoms with van der Waals surface area (Å²) in [5, 5.41) is 18.9. The Morgan fingerprint density at radius 2 is 2.07 bits per heavy atom. The Morgan fingerprint density at radius 1 is 1.31 bits per heavy atom. The second kappa shape index (κ2) is 8.63. The molecule has 2 N–H and O–H groups in total. The molecule has 1 aromatic heterocycles. The van der Waals surface area contributed by atoms with Crippen LogP contribution in [0.25, 0.3) is 10.9 Å². The van der Waals surface area contributed by atoms with E-state index in [0.717, 1.165) is 0 Å². The van der Waals surface area contributed by atoms with Crippen LogP contribution in [0.1, 0.15) is 28.4 Å². The summed E-state index contributed by atoms with van der Waals surface area (Å²) in [6.45, 7) is 1.91. The summed E-state index contributed by atoms with van der Waals surface area (Å²) in [7, 11) is 0. The molecule has 0 aliphatic heterocycles. The number of ether oxygens (including phenoxy) is 1. The van der Waals surface area contributed by atoms with E-state index >= 15 is 0 Å². The van der Waals surface area contributed by atoms with Crippen molar-refractivity contribution in [3.8, 4) is 5.75 Å². The van der Waals surface area contributed by atoms with Crippen LogP contribution in [0.15, 0.2) is 41.3 Å². The smallest absolute Gasteiger partial charge is 0.341 e. The fourth-order valence-electron chi connectivity index (χ4n) is 3.27. The van der Waals surface area contributed by atoms with Crippen LogP contribution < -0.4 is 10.2 Å². The average molecular weight is 420 g/mol. The highest BCUT2D eigenvalue weighted by Gasteiger charge is 2.19. The normalized spacial score (nSPS) is 11.0. The third-order valence-electron chi connectivity index (χ3n) is 4.49. The van der Waals surface area contributed by atoms with E-state index in [0.29, 0.717) is 29.0 Å². The lowest BCUT2D eigenvalue weighted by atomic mass is 10.0. The van der Waals surface area contributed by atoms with Crippen LogP contribution in [-0.2, 0) is 13.0 Å². The molecule has 29 heavy (non-hydrogen) atoms. The molecule has 0 amide bonds. The van der Waals surface area contributed by atoms with Gasteiger partial charge in [0.25, 0.3) is 0 Å². The molecule has 3 rings (SSSR count). The molecular formula is C21H19ClFNO5. The Balaban J connectivity index is 2.28. The molecule has 8 heteroatoms. The number of aromatic carboxylic acids is 1. The molecule has 0 saturated carbocycles. The van der Waals surface area contributed by atoms with Crippen molar-refractivity contribution in [1.29, 1.82) is 0 Å². The lowest BCUT2D eigenvalue weighted by molar-refractivity contribution is 0.0694. The van der Waals surface area contributed by atoms with Gasteiger partial charge in [0.05, 0.1) is 29.1 Å². The van der Waals surface area contributed by atoms with Crippen molar-refractivity contribution in [3.05, 3.63) is 74.3 Å². The first kappa shape index (κ1) is 20.8. The zero-order chi connectivity index (χ0) is 21.1. The number of aromatic nitrogens is 1. The number of rotatable bonds is 7. The van der Waals surface area contributed by atoms with Crippen molar-refractivity contribution in [2.24, 2.45) is 0 Å². The number of carbonyl (C=O) groups is 1. The molecule has 0 saturated heterocycles. The van der Waals surface area contributed by atoms with Gasteiger partial charge in [-0.3, -0.25) is 4.79 Å². The van der Waals surface area contributed by atoms with Gasteiger partial charge in [0.15, 0.2) is 0 Å². The van der Waals surface area contributed by atoms with Crippen LogP contribution in [0.5, 0.6) is 5.75 Å². The van der Waals surface area contributed by atoms with Gasteiger partial charge in [-0.2, -0.15) is 0 Å². The zero-order valence-corrected chi connectivity index (χ0v) is 16.4. The van der Waals surface area contributed by atoms with Crippen molar-refractivity contribution in [2.45, 2.75) is 19.9 Å². The number of nitrogens with zero attached hydrogens (tertiary/aromatic N) is 1. The predicted molar refractivity (Wildman–Crippen MR) is 108 cm³/mol. The second-order valence-corrected chi connectivity index (χ2v) is 6.81. The van der Waals surface area contributed by atoms with Crippen LogP contribution in [0, 0.1) is 5.82 Å². The summed E-state index contributed by atoms with van der Waals surface area (Å²) in [5.41, 5.74) is 0.198. The topological polar surface area (TPSA) is 88.8 Å². The minimum Gasteiger partial charge on any atom is -0.492 e. The maximum Gasteiger partial charge on any atom is 0.341 e. The van der Waals surface area contributed by atoms with E-state index in [2.05, 4.69) is 0 Å². The van der Waals surface area contributed by atoms with Crippen molar-refractivity contribution >= 4 is 28.5 Å². The fourth-order valence-corrected chi connectivity index (χ4v) is 3.46. The van der Waals surface area contributed by atoms with Gasteiger partial charge in [-0.15, -0.1) is 0 Å². The summed E-state index contributed by atoms with van der Waals surface area (Å²) in [4.78, 5) is 24.3. The lowest BCUT2D eigenvalue weighted by Crippen LogP contribution is -2.20. The van der Waals surface area contributed by atoms with Gasteiger partial charge < -0.3 is 19.5 Å². The monoisotopic (exact) mass is 419 g/mol. The van der Waals surface area contributed by atoms with E-state index < -0.39 is 22.8 Å². The van der Waals surface area contributed by atoms with Crippen LogP contribution in [-0.4, -0.2) is 34.0 Å². The van der Waals surface area contributed by atoms with Crippen LogP contribution in [0.4, 0.5) is 4.39 Å². The molecule has 0 atom stereocenters. The molecule has 3 aromatic rings.